The fourth-order valence-electron chi connectivity index (χ4n) is 1.14. The predicted octanol–water partition coefficient (Wildman–Crippen LogP) is 2.60. The average molecular weight is 165 g/mol. The van der Waals surface area contributed by atoms with E-state index in [1.807, 2.05) is 13.0 Å². The molecule has 1 aromatic rings. The standard InChI is InChI=1S/C10H15NO/c1-4-12-10-7-11-6-5-9(10)8(2)3/h5-8H,4H2,1-3H3. The Kier molecular flexibility index (Phi) is 3.09. The van der Waals surface area contributed by atoms with Crippen molar-refractivity contribution in [2.45, 2.75) is 26.7 Å². The quantitative estimate of drug-likeness (QED) is 0.686. The lowest BCUT2D eigenvalue weighted by molar-refractivity contribution is 0.333. The molecule has 2 nitrogen and oxygen atoms in total. The van der Waals surface area contributed by atoms with Gasteiger partial charge in [-0.25, -0.2) is 0 Å². The fourth-order valence-corrected chi connectivity index (χ4v) is 1.14. The van der Waals surface area contributed by atoms with Crippen LogP contribution in [0.4, 0.5) is 0 Å². The van der Waals surface area contributed by atoms with E-state index in [0.717, 1.165) is 5.75 Å². The van der Waals surface area contributed by atoms with Gasteiger partial charge >= 0.3 is 0 Å². The van der Waals surface area contributed by atoms with E-state index < -0.39 is 0 Å². The Hall–Kier alpha value is -1.05. The fraction of sp³-hybridized carbons (Fsp3) is 0.500. The summed E-state index contributed by atoms with van der Waals surface area (Å²) in [5.74, 6) is 1.41. The molecule has 0 aliphatic carbocycles. The van der Waals surface area contributed by atoms with Gasteiger partial charge in [-0.15, -0.1) is 0 Å². The third kappa shape index (κ3) is 1.97. The number of rotatable bonds is 3. The van der Waals surface area contributed by atoms with Crippen LogP contribution >= 0.6 is 0 Å². The number of pyridine rings is 1. The van der Waals surface area contributed by atoms with Crippen LogP contribution in [0.15, 0.2) is 18.5 Å². The van der Waals surface area contributed by atoms with Crippen LogP contribution < -0.4 is 4.74 Å². The topological polar surface area (TPSA) is 22.1 Å². The minimum atomic E-state index is 0.495. The van der Waals surface area contributed by atoms with Crippen molar-refractivity contribution < 1.29 is 4.74 Å². The van der Waals surface area contributed by atoms with Gasteiger partial charge in [0.15, 0.2) is 0 Å². The summed E-state index contributed by atoms with van der Waals surface area (Å²) in [5, 5.41) is 0. The van der Waals surface area contributed by atoms with Crippen LogP contribution in [0.3, 0.4) is 0 Å². The lowest BCUT2D eigenvalue weighted by atomic mass is 10.0. The molecule has 0 unspecified atom stereocenters. The van der Waals surface area contributed by atoms with E-state index >= 15 is 0 Å². The van der Waals surface area contributed by atoms with Crippen LogP contribution in [-0.4, -0.2) is 11.6 Å². The van der Waals surface area contributed by atoms with Crippen LogP contribution in [0.2, 0.25) is 0 Å². The third-order valence-electron chi connectivity index (χ3n) is 1.74. The second-order valence-electron chi connectivity index (χ2n) is 3.00. The van der Waals surface area contributed by atoms with Crippen LogP contribution in [-0.2, 0) is 0 Å². The molecule has 0 spiro atoms. The second-order valence-corrected chi connectivity index (χ2v) is 3.00. The molecule has 0 atom stereocenters. The van der Waals surface area contributed by atoms with Crippen molar-refractivity contribution in [2.24, 2.45) is 0 Å². The molecule has 1 aromatic heterocycles. The zero-order valence-corrected chi connectivity index (χ0v) is 7.87. The van der Waals surface area contributed by atoms with E-state index in [9.17, 15) is 0 Å². The van der Waals surface area contributed by atoms with Gasteiger partial charge in [0.1, 0.15) is 5.75 Å². The van der Waals surface area contributed by atoms with Crippen LogP contribution in [0.5, 0.6) is 5.75 Å². The monoisotopic (exact) mass is 165 g/mol. The summed E-state index contributed by atoms with van der Waals surface area (Å²) in [6, 6.07) is 2.01. The zero-order chi connectivity index (χ0) is 8.97. The van der Waals surface area contributed by atoms with Gasteiger partial charge in [0, 0.05) is 6.20 Å². The van der Waals surface area contributed by atoms with E-state index in [2.05, 4.69) is 18.8 Å². The highest BCUT2D eigenvalue weighted by Gasteiger charge is 2.05. The van der Waals surface area contributed by atoms with Gasteiger partial charge in [0.25, 0.3) is 0 Å². The first-order chi connectivity index (χ1) is 5.75. The summed E-state index contributed by atoms with van der Waals surface area (Å²) in [6.45, 7) is 6.98. The lowest BCUT2D eigenvalue weighted by Gasteiger charge is -2.11. The normalized spacial score (nSPS) is 10.3. The number of hydrogen-bond donors (Lipinski definition) is 0. The van der Waals surface area contributed by atoms with Crippen molar-refractivity contribution in [1.82, 2.24) is 4.98 Å². The summed E-state index contributed by atoms with van der Waals surface area (Å²) in [7, 11) is 0. The van der Waals surface area contributed by atoms with Gasteiger partial charge in [-0.05, 0) is 24.5 Å². The van der Waals surface area contributed by atoms with Gasteiger partial charge in [-0.1, -0.05) is 13.8 Å². The molecule has 0 saturated heterocycles. The van der Waals surface area contributed by atoms with Gasteiger partial charge in [-0.3, -0.25) is 4.98 Å². The van der Waals surface area contributed by atoms with Crippen molar-refractivity contribution in [3.63, 3.8) is 0 Å². The SMILES string of the molecule is CCOc1cnccc1C(C)C. The first-order valence-corrected chi connectivity index (χ1v) is 4.32. The maximum atomic E-state index is 5.44. The van der Waals surface area contributed by atoms with E-state index in [1.165, 1.54) is 5.56 Å². The molecule has 0 radical (unpaired) electrons. The molecule has 0 aromatic carbocycles. The molecular weight excluding hydrogens is 150 g/mol. The van der Waals surface area contributed by atoms with Gasteiger partial charge in [0.2, 0.25) is 0 Å². The molecule has 0 saturated carbocycles. The average Bonchev–Trinajstić information content (AvgIpc) is 2.05. The molecule has 66 valence electrons. The highest BCUT2D eigenvalue weighted by molar-refractivity contribution is 5.32. The summed E-state index contributed by atoms with van der Waals surface area (Å²) < 4.78 is 5.44. The third-order valence-corrected chi connectivity index (χ3v) is 1.74. The molecule has 0 N–H and O–H groups in total. The summed E-state index contributed by atoms with van der Waals surface area (Å²) in [5.41, 5.74) is 1.23. The minimum absolute atomic E-state index is 0.495. The van der Waals surface area contributed by atoms with Crippen molar-refractivity contribution in [2.75, 3.05) is 6.61 Å². The van der Waals surface area contributed by atoms with Gasteiger partial charge < -0.3 is 4.74 Å². The second kappa shape index (κ2) is 4.10. The summed E-state index contributed by atoms with van der Waals surface area (Å²) >= 11 is 0. The number of nitrogens with zero attached hydrogens (tertiary/aromatic N) is 1. The van der Waals surface area contributed by atoms with E-state index in [0.29, 0.717) is 12.5 Å². The van der Waals surface area contributed by atoms with Gasteiger partial charge in [0.05, 0.1) is 12.8 Å². The van der Waals surface area contributed by atoms with Crippen molar-refractivity contribution in [3.05, 3.63) is 24.0 Å². The molecule has 2 heteroatoms. The lowest BCUT2D eigenvalue weighted by Crippen LogP contribution is -1.98. The zero-order valence-electron chi connectivity index (χ0n) is 7.87. The largest absolute Gasteiger partial charge is 0.492 e. The first kappa shape index (κ1) is 9.04. The van der Waals surface area contributed by atoms with E-state index in [-0.39, 0.29) is 0 Å². The van der Waals surface area contributed by atoms with Crippen LogP contribution in [0.1, 0.15) is 32.3 Å². The Bertz CT molecular complexity index is 245. The molecule has 12 heavy (non-hydrogen) atoms. The van der Waals surface area contributed by atoms with E-state index in [1.54, 1.807) is 12.4 Å². The molecule has 0 amide bonds. The first-order valence-electron chi connectivity index (χ1n) is 4.32. The number of ether oxygens (including phenoxy) is 1. The number of aromatic nitrogens is 1. The number of hydrogen-bond acceptors (Lipinski definition) is 2. The highest BCUT2D eigenvalue weighted by atomic mass is 16.5. The van der Waals surface area contributed by atoms with Crippen molar-refractivity contribution in [3.8, 4) is 5.75 Å². The summed E-state index contributed by atoms with van der Waals surface area (Å²) in [4.78, 5) is 4.02. The molecular formula is C10H15NO. The maximum absolute atomic E-state index is 5.44. The van der Waals surface area contributed by atoms with Crippen LogP contribution in [0.25, 0.3) is 0 Å². The van der Waals surface area contributed by atoms with Crippen molar-refractivity contribution in [1.29, 1.82) is 0 Å². The molecule has 0 aliphatic rings. The molecule has 1 rings (SSSR count). The predicted molar refractivity (Wildman–Crippen MR) is 49.5 cm³/mol. The van der Waals surface area contributed by atoms with Crippen LogP contribution in [0, 0.1) is 0 Å². The van der Waals surface area contributed by atoms with Crippen molar-refractivity contribution >= 4 is 0 Å². The minimum Gasteiger partial charge on any atom is -0.492 e. The molecule has 1 heterocycles. The van der Waals surface area contributed by atoms with Gasteiger partial charge in [-0.2, -0.15) is 0 Å². The maximum Gasteiger partial charge on any atom is 0.140 e. The molecule has 0 fully saturated rings. The Balaban J connectivity index is 2.92. The molecule has 0 aliphatic heterocycles. The summed E-state index contributed by atoms with van der Waals surface area (Å²) in [6.07, 6.45) is 3.58. The Labute approximate surface area is 73.6 Å². The Morgan fingerprint density at radius 3 is 2.83 bits per heavy atom. The van der Waals surface area contributed by atoms with E-state index in [4.69, 9.17) is 4.74 Å². The molecule has 0 bridgehead atoms. The highest BCUT2D eigenvalue weighted by Crippen LogP contribution is 2.24. The Morgan fingerprint density at radius 2 is 2.25 bits per heavy atom. The Morgan fingerprint density at radius 1 is 1.50 bits per heavy atom. The smallest absolute Gasteiger partial charge is 0.140 e.